The minimum absolute atomic E-state index is 0.436. The Bertz CT molecular complexity index is 780. The number of nitrogens with one attached hydrogen (secondary N) is 1. The van der Waals surface area contributed by atoms with E-state index in [4.69, 9.17) is 5.21 Å². The van der Waals surface area contributed by atoms with Crippen LogP contribution in [0.1, 0.15) is 41.4 Å². The Balaban J connectivity index is 1.63. The topological polar surface area (TPSA) is 70.4 Å². The van der Waals surface area contributed by atoms with Crippen LogP contribution in [0.5, 0.6) is 0 Å². The lowest BCUT2D eigenvalue weighted by Gasteiger charge is -2.25. The van der Waals surface area contributed by atoms with Crippen molar-refractivity contribution in [2.75, 3.05) is 13.1 Å². The molecule has 0 aliphatic carbocycles. The fraction of sp³-hybridized carbons (Fsp3) is 0.400. The van der Waals surface area contributed by atoms with Crippen molar-refractivity contribution >= 4 is 12.0 Å². The highest BCUT2D eigenvalue weighted by atomic mass is 16.5. The standard InChI is InChI=1S/C20H26N4O2/c1-15-14-16(2)24(21-15)13-12-23-11-3-4-19(23)18-8-5-17(6-9-18)7-10-20(25)22-26/h5-10,14,19,26H,3-4,11-13H2,1-2H3,(H,22,25)/b10-7+/t19-/m0/s1. The molecule has 1 aliphatic rings. The van der Waals surface area contributed by atoms with E-state index >= 15 is 0 Å². The third kappa shape index (κ3) is 4.39. The Kier molecular flexibility index (Phi) is 5.85. The van der Waals surface area contributed by atoms with Crippen LogP contribution in [0.3, 0.4) is 0 Å². The third-order valence-electron chi connectivity index (χ3n) is 4.92. The maximum absolute atomic E-state index is 11.1. The summed E-state index contributed by atoms with van der Waals surface area (Å²) in [6.45, 7) is 7.15. The van der Waals surface area contributed by atoms with E-state index in [1.165, 1.54) is 30.2 Å². The Morgan fingerprint density at radius 3 is 2.73 bits per heavy atom. The Labute approximate surface area is 154 Å². The van der Waals surface area contributed by atoms with Gasteiger partial charge in [0.15, 0.2) is 0 Å². The summed E-state index contributed by atoms with van der Waals surface area (Å²) < 4.78 is 2.09. The number of hydrogen-bond acceptors (Lipinski definition) is 4. The lowest BCUT2D eigenvalue weighted by atomic mass is 10.0. The predicted molar refractivity (Wildman–Crippen MR) is 101 cm³/mol. The normalized spacial score (nSPS) is 17.9. The maximum Gasteiger partial charge on any atom is 0.267 e. The number of aryl methyl sites for hydroxylation is 2. The van der Waals surface area contributed by atoms with Crippen molar-refractivity contribution in [1.29, 1.82) is 0 Å². The average Bonchev–Trinajstić information content (AvgIpc) is 3.24. The number of aromatic nitrogens is 2. The number of amides is 1. The molecule has 1 aromatic heterocycles. The van der Waals surface area contributed by atoms with Crippen LogP contribution in [0, 0.1) is 13.8 Å². The second kappa shape index (κ2) is 8.29. The summed E-state index contributed by atoms with van der Waals surface area (Å²) in [6, 6.07) is 10.8. The lowest BCUT2D eigenvalue weighted by molar-refractivity contribution is -0.124. The predicted octanol–water partition coefficient (Wildman–Crippen LogP) is 2.86. The van der Waals surface area contributed by atoms with Crippen molar-refractivity contribution in [2.45, 2.75) is 39.3 Å². The molecule has 1 fully saturated rings. The number of rotatable bonds is 6. The lowest BCUT2D eigenvalue weighted by Crippen LogP contribution is -2.27. The summed E-state index contributed by atoms with van der Waals surface area (Å²) >= 11 is 0. The molecule has 1 atom stereocenters. The third-order valence-corrected chi connectivity index (χ3v) is 4.92. The number of nitrogens with zero attached hydrogens (tertiary/aromatic N) is 3. The summed E-state index contributed by atoms with van der Waals surface area (Å²) in [4.78, 5) is 13.6. The second-order valence-corrected chi connectivity index (χ2v) is 6.82. The highest BCUT2D eigenvalue weighted by Crippen LogP contribution is 2.31. The van der Waals surface area contributed by atoms with E-state index in [2.05, 4.69) is 39.8 Å². The Morgan fingerprint density at radius 2 is 2.08 bits per heavy atom. The van der Waals surface area contributed by atoms with Gasteiger partial charge in [-0.05, 0) is 56.5 Å². The van der Waals surface area contributed by atoms with E-state index in [9.17, 15) is 4.79 Å². The van der Waals surface area contributed by atoms with Crippen molar-refractivity contribution in [3.05, 3.63) is 58.9 Å². The number of hydroxylamine groups is 1. The summed E-state index contributed by atoms with van der Waals surface area (Å²) in [7, 11) is 0. The van der Waals surface area contributed by atoms with Crippen molar-refractivity contribution in [1.82, 2.24) is 20.2 Å². The van der Waals surface area contributed by atoms with Gasteiger partial charge in [-0.3, -0.25) is 19.6 Å². The van der Waals surface area contributed by atoms with Crippen LogP contribution in [0.2, 0.25) is 0 Å². The quantitative estimate of drug-likeness (QED) is 0.475. The van der Waals surface area contributed by atoms with Crippen LogP contribution in [-0.2, 0) is 11.3 Å². The fourth-order valence-corrected chi connectivity index (χ4v) is 3.63. The molecule has 2 heterocycles. The zero-order chi connectivity index (χ0) is 18.5. The highest BCUT2D eigenvalue weighted by Gasteiger charge is 2.25. The highest BCUT2D eigenvalue weighted by molar-refractivity contribution is 5.90. The number of likely N-dealkylation sites (tertiary alicyclic amines) is 1. The molecule has 0 spiro atoms. The average molecular weight is 354 g/mol. The molecular weight excluding hydrogens is 328 g/mol. The van der Waals surface area contributed by atoms with E-state index in [1.807, 2.05) is 19.1 Å². The molecule has 3 rings (SSSR count). The first-order chi connectivity index (χ1) is 12.6. The van der Waals surface area contributed by atoms with Gasteiger partial charge in [-0.25, -0.2) is 5.48 Å². The molecule has 2 N–H and O–H groups in total. The molecule has 26 heavy (non-hydrogen) atoms. The van der Waals surface area contributed by atoms with E-state index in [0.29, 0.717) is 6.04 Å². The van der Waals surface area contributed by atoms with Gasteiger partial charge < -0.3 is 0 Å². The fourth-order valence-electron chi connectivity index (χ4n) is 3.63. The summed E-state index contributed by atoms with van der Waals surface area (Å²) in [6.07, 6.45) is 5.37. The molecule has 1 aliphatic heterocycles. The molecule has 0 unspecified atom stereocenters. The maximum atomic E-state index is 11.1. The minimum Gasteiger partial charge on any atom is -0.294 e. The molecule has 0 bridgehead atoms. The van der Waals surface area contributed by atoms with Crippen LogP contribution in [0.25, 0.3) is 6.08 Å². The largest absolute Gasteiger partial charge is 0.294 e. The second-order valence-electron chi connectivity index (χ2n) is 6.82. The molecule has 1 aromatic carbocycles. The van der Waals surface area contributed by atoms with Crippen molar-refractivity contribution in [3.63, 3.8) is 0 Å². The van der Waals surface area contributed by atoms with E-state index in [0.717, 1.165) is 30.9 Å². The van der Waals surface area contributed by atoms with Gasteiger partial charge in [0, 0.05) is 24.4 Å². The first kappa shape index (κ1) is 18.4. The zero-order valence-corrected chi connectivity index (χ0v) is 15.4. The number of benzene rings is 1. The van der Waals surface area contributed by atoms with Gasteiger partial charge in [-0.15, -0.1) is 0 Å². The Morgan fingerprint density at radius 1 is 1.31 bits per heavy atom. The van der Waals surface area contributed by atoms with Crippen molar-refractivity contribution in [3.8, 4) is 0 Å². The van der Waals surface area contributed by atoms with Gasteiger partial charge in [0.1, 0.15) is 0 Å². The summed E-state index contributed by atoms with van der Waals surface area (Å²) in [5.74, 6) is -0.528. The van der Waals surface area contributed by atoms with Crippen LogP contribution < -0.4 is 5.48 Å². The van der Waals surface area contributed by atoms with Gasteiger partial charge in [0.05, 0.1) is 12.2 Å². The van der Waals surface area contributed by atoms with Gasteiger partial charge in [-0.2, -0.15) is 5.10 Å². The van der Waals surface area contributed by atoms with E-state index < -0.39 is 5.91 Å². The monoisotopic (exact) mass is 354 g/mol. The molecule has 0 saturated carbocycles. The van der Waals surface area contributed by atoms with Crippen LogP contribution in [0.15, 0.2) is 36.4 Å². The first-order valence-corrected chi connectivity index (χ1v) is 9.04. The molecular formula is C20H26N4O2. The summed E-state index contributed by atoms with van der Waals surface area (Å²) in [5.41, 5.74) is 6.11. The van der Waals surface area contributed by atoms with Crippen molar-refractivity contribution in [2.24, 2.45) is 0 Å². The van der Waals surface area contributed by atoms with Gasteiger partial charge >= 0.3 is 0 Å². The van der Waals surface area contributed by atoms with E-state index in [1.54, 1.807) is 11.6 Å². The molecule has 6 heteroatoms. The number of carbonyl (C=O) groups excluding carboxylic acids is 1. The van der Waals surface area contributed by atoms with E-state index in [-0.39, 0.29) is 0 Å². The van der Waals surface area contributed by atoms with Crippen molar-refractivity contribution < 1.29 is 10.0 Å². The number of carbonyl (C=O) groups is 1. The smallest absolute Gasteiger partial charge is 0.267 e. The molecule has 1 saturated heterocycles. The molecule has 0 radical (unpaired) electrons. The zero-order valence-electron chi connectivity index (χ0n) is 15.4. The van der Waals surface area contributed by atoms with Gasteiger partial charge in [-0.1, -0.05) is 24.3 Å². The Hall–Kier alpha value is -2.44. The van der Waals surface area contributed by atoms with Crippen LogP contribution in [-0.4, -0.2) is 38.9 Å². The van der Waals surface area contributed by atoms with Crippen LogP contribution in [0.4, 0.5) is 0 Å². The first-order valence-electron chi connectivity index (χ1n) is 9.04. The van der Waals surface area contributed by atoms with Crippen LogP contribution >= 0.6 is 0 Å². The summed E-state index contributed by atoms with van der Waals surface area (Å²) in [5, 5.41) is 13.1. The molecule has 1 amide bonds. The van der Waals surface area contributed by atoms with Gasteiger partial charge in [0.25, 0.3) is 5.91 Å². The number of hydrogen-bond donors (Lipinski definition) is 2. The SMILES string of the molecule is Cc1cc(C)n(CCN2CCC[C@H]2c2ccc(/C=C/C(=O)NO)cc2)n1. The molecule has 2 aromatic rings. The van der Waals surface area contributed by atoms with Gasteiger partial charge in [0.2, 0.25) is 0 Å². The molecule has 138 valence electrons. The molecule has 6 nitrogen and oxygen atoms in total. The minimum atomic E-state index is -0.528.